The van der Waals surface area contributed by atoms with Crippen LogP contribution in [0.25, 0.3) is 0 Å². The number of nitrogens with zero attached hydrogens (tertiary/aromatic N) is 4. The molecule has 1 aliphatic carbocycles. The molecule has 20 heavy (non-hydrogen) atoms. The Kier molecular flexibility index (Phi) is 4.19. The molecule has 1 aromatic carbocycles. The fourth-order valence-electron chi connectivity index (χ4n) is 2.00. The first kappa shape index (κ1) is 13.8. The molecule has 0 spiro atoms. The van der Waals surface area contributed by atoms with E-state index in [1.54, 1.807) is 6.07 Å². The number of hydrogen-bond donors (Lipinski definition) is 1. The van der Waals surface area contributed by atoms with E-state index < -0.39 is 0 Å². The van der Waals surface area contributed by atoms with E-state index in [1.165, 1.54) is 12.8 Å². The van der Waals surface area contributed by atoms with Crippen molar-refractivity contribution in [3.8, 4) is 0 Å². The zero-order valence-corrected chi connectivity index (χ0v) is 12.4. The summed E-state index contributed by atoms with van der Waals surface area (Å²) in [6, 6.07) is 6.19. The van der Waals surface area contributed by atoms with E-state index in [2.05, 4.69) is 20.8 Å². The summed E-state index contributed by atoms with van der Waals surface area (Å²) in [4.78, 5) is 0. The van der Waals surface area contributed by atoms with E-state index in [-0.39, 0.29) is 0 Å². The molecule has 2 aromatic rings. The Morgan fingerprint density at radius 3 is 2.90 bits per heavy atom. The van der Waals surface area contributed by atoms with Crippen LogP contribution in [-0.4, -0.2) is 26.2 Å². The van der Waals surface area contributed by atoms with Crippen LogP contribution in [0.5, 0.6) is 0 Å². The van der Waals surface area contributed by atoms with Crippen molar-refractivity contribution in [3.05, 3.63) is 39.6 Å². The minimum Gasteiger partial charge on any atom is -0.307 e. The van der Waals surface area contributed by atoms with Gasteiger partial charge < -0.3 is 5.32 Å². The van der Waals surface area contributed by atoms with Crippen molar-refractivity contribution in [2.75, 3.05) is 0 Å². The summed E-state index contributed by atoms with van der Waals surface area (Å²) >= 11 is 12.1. The molecule has 3 rings (SSSR count). The van der Waals surface area contributed by atoms with E-state index in [1.807, 2.05) is 16.8 Å². The molecular formula is C13H15Cl2N5. The number of hydrogen-bond acceptors (Lipinski definition) is 4. The molecule has 1 aromatic heterocycles. The van der Waals surface area contributed by atoms with Crippen LogP contribution < -0.4 is 5.32 Å². The van der Waals surface area contributed by atoms with Gasteiger partial charge in [0.25, 0.3) is 0 Å². The highest BCUT2D eigenvalue weighted by Gasteiger charge is 2.21. The molecule has 0 bridgehead atoms. The Balaban J connectivity index is 1.61. The Hall–Kier alpha value is -1.17. The lowest BCUT2D eigenvalue weighted by Gasteiger charge is -2.07. The van der Waals surface area contributed by atoms with Crippen LogP contribution in [0, 0.1) is 0 Å². The van der Waals surface area contributed by atoms with Gasteiger partial charge in [0.1, 0.15) is 0 Å². The van der Waals surface area contributed by atoms with E-state index in [4.69, 9.17) is 23.2 Å². The Labute approximate surface area is 127 Å². The van der Waals surface area contributed by atoms with E-state index >= 15 is 0 Å². The molecule has 0 unspecified atom stereocenters. The van der Waals surface area contributed by atoms with Crippen LogP contribution in [0.1, 0.15) is 24.2 Å². The average molecular weight is 312 g/mol. The Morgan fingerprint density at radius 1 is 1.30 bits per heavy atom. The zero-order chi connectivity index (χ0) is 13.9. The summed E-state index contributed by atoms with van der Waals surface area (Å²) in [6.07, 6.45) is 3.28. The molecule has 0 radical (unpaired) electrons. The second-order valence-corrected chi connectivity index (χ2v) is 5.80. The quantitative estimate of drug-likeness (QED) is 0.890. The maximum atomic E-state index is 6.16. The Morgan fingerprint density at radius 2 is 2.15 bits per heavy atom. The van der Waals surface area contributed by atoms with Crippen LogP contribution in [0.2, 0.25) is 10.0 Å². The number of aromatic nitrogens is 4. The molecule has 0 aliphatic heterocycles. The van der Waals surface area contributed by atoms with Gasteiger partial charge in [-0.3, -0.25) is 0 Å². The number of rotatable bonds is 6. The molecule has 1 fully saturated rings. The zero-order valence-electron chi connectivity index (χ0n) is 10.9. The van der Waals surface area contributed by atoms with Gasteiger partial charge in [0.2, 0.25) is 0 Å². The highest BCUT2D eigenvalue weighted by molar-refractivity contribution is 6.35. The van der Waals surface area contributed by atoms with Crippen molar-refractivity contribution in [3.63, 3.8) is 0 Å². The molecule has 1 saturated carbocycles. The third-order valence-corrected chi connectivity index (χ3v) is 3.93. The normalized spacial score (nSPS) is 14.7. The van der Waals surface area contributed by atoms with Gasteiger partial charge in [0, 0.05) is 22.6 Å². The van der Waals surface area contributed by atoms with Gasteiger partial charge >= 0.3 is 0 Å². The van der Waals surface area contributed by atoms with E-state index in [9.17, 15) is 0 Å². The molecule has 1 N–H and O–H groups in total. The summed E-state index contributed by atoms with van der Waals surface area (Å²) in [5.41, 5.74) is 1.05. The number of tetrazole rings is 1. The molecule has 1 aliphatic rings. The topological polar surface area (TPSA) is 55.6 Å². The van der Waals surface area contributed by atoms with Crippen LogP contribution in [0.4, 0.5) is 0 Å². The highest BCUT2D eigenvalue weighted by atomic mass is 35.5. The summed E-state index contributed by atoms with van der Waals surface area (Å²) in [6.45, 7) is 1.42. The van der Waals surface area contributed by atoms with Gasteiger partial charge in [-0.05, 0) is 47.4 Å². The van der Waals surface area contributed by atoms with Gasteiger partial charge in [0.15, 0.2) is 5.82 Å². The minimum atomic E-state index is 0.644. The summed E-state index contributed by atoms with van der Waals surface area (Å²) in [5.74, 6) is 0.863. The largest absolute Gasteiger partial charge is 0.307 e. The molecule has 7 heteroatoms. The third kappa shape index (κ3) is 3.48. The van der Waals surface area contributed by atoms with Gasteiger partial charge in [0.05, 0.1) is 6.54 Å². The highest BCUT2D eigenvalue weighted by Crippen LogP contribution is 2.22. The first-order valence-corrected chi connectivity index (χ1v) is 7.40. The lowest BCUT2D eigenvalue weighted by molar-refractivity contribution is 0.540. The van der Waals surface area contributed by atoms with Crippen molar-refractivity contribution >= 4 is 23.2 Å². The number of benzene rings is 1. The second kappa shape index (κ2) is 6.08. The van der Waals surface area contributed by atoms with Crippen molar-refractivity contribution in [1.29, 1.82) is 0 Å². The number of nitrogens with one attached hydrogen (secondary N) is 1. The first-order valence-electron chi connectivity index (χ1n) is 6.65. The predicted molar refractivity (Wildman–Crippen MR) is 77.8 cm³/mol. The van der Waals surface area contributed by atoms with Crippen molar-refractivity contribution < 1.29 is 0 Å². The standard InChI is InChI=1S/C13H15Cl2N5/c14-10-2-1-9(12(15)7-10)5-6-20-13(17-18-19-20)8-16-11-3-4-11/h1-2,7,11,16H,3-6,8H2. The summed E-state index contributed by atoms with van der Waals surface area (Å²) < 4.78 is 1.82. The van der Waals surface area contributed by atoms with Crippen LogP contribution in [0.3, 0.4) is 0 Å². The fourth-order valence-corrected chi connectivity index (χ4v) is 2.50. The van der Waals surface area contributed by atoms with Crippen molar-refractivity contribution in [2.24, 2.45) is 0 Å². The molecule has 5 nitrogen and oxygen atoms in total. The predicted octanol–water partition coefficient (Wildman–Crippen LogP) is 2.47. The van der Waals surface area contributed by atoms with Crippen LogP contribution in [0.15, 0.2) is 18.2 Å². The first-order chi connectivity index (χ1) is 9.72. The van der Waals surface area contributed by atoms with Gasteiger partial charge in [-0.2, -0.15) is 0 Å². The van der Waals surface area contributed by atoms with Gasteiger partial charge in [-0.15, -0.1) is 5.10 Å². The smallest absolute Gasteiger partial charge is 0.165 e. The van der Waals surface area contributed by atoms with Gasteiger partial charge in [-0.1, -0.05) is 29.3 Å². The van der Waals surface area contributed by atoms with Crippen LogP contribution in [-0.2, 0) is 19.5 Å². The lowest BCUT2D eigenvalue weighted by Crippen LogP contribution is -2.20. The lowest BCUT2D eigenvalue weighted by atomic mass is 10.1. The molecular weight excluding hydrogens is 297 g/mol. The van der Waals surface area contributed by atoms with E-state index in [0.29, 0.717) is 29.2 Å². The third-order valence-electron chi connectivity index (χ3n) is 3.34. The van der Waals surface area contributed by atoms with Crippen molar-refractivity contribution in [1.82, 2.24) is 25.5 Å². The van der Waals surface area contributed by atoms with Crippen LogP contribution >= 0.6 is 23.2 Å². The average Bonchev–Trinajstić information content (AvgIpc) is 3.14. The maximum Gasteiger partial charge on any atom is 0.165 e. The molecule has 1 heterocycles. The molecule has 106 valence electrons. The summed E-state index contributed by atoms with van der Waals surface area (Å²) in [5, 5.41) is 16.6. The second-order valence-electron chi connectivity index (χ2n) is 4.96. The number of halogens is 2. The van der Waals surface area contributed by atoms with E-state index in [0.717, 1.165) is 17.8 Å². The molecule has 0 atom stereocenters. The SMILES string of the molecule is Clc1ccc(CCn2nnnc2CNC2CC2)c(Cl)c1. The maximum absolute atomic E-state index is 6.16. The fraction of sp³-hybridized carbons (Fsp3) is 0.462. The summed E-state index contributed by atoms with van der Waals surface area (Å²) in [7, 11) is 0. The van der Waals surface area contributed by atoms with Crippen molar-refractivity contribution in [2.45, 2.75) is 38.4 Å². The molecule has 0 saturated heterocycles. The Bertz CT molecular complexity index is 594. The number of aryl methyl sites for hydroxylation is 2. The monoisotopic (exact) mass is 311 g/mol. The molecule has 0 amide bonds. The van der Waals surface area contributed by atoms with Gasteiger partial charge in [-0.25, -0.2) is 4.68 Å². The minimum absolute atomic E-state index is 0.644.